The van der Waals surface area contributed by atoms with E-state index in [0.29, 0.717) is 11.8 Å². The number of aromatic nitrogens is 1. The number of allylic oxidation sites excluding steroid dienone is 14. The molecule has 2 heteroatoms. The standard InChI is InChI=1S/C63H62N2/c1-8-11-19-49-36-37-64-42-62(49)51-32-28-47(29-33-51)43(4)38-63(55-23-18-22-53(39-55)61-40-52(20-12-9-2)44(5)57-26-16-17-27-59(57)61)65-46(7)48-30-34-50(35-31-48)60-41-54-21-14-15-25-56(54)45(6)58(60)24-13-10-3/h2,8,12-18,20-28,30,32-34,36-42,45,47,58,63,65H,1,7,10-11,19,29,31,35H2,3-6H3/b20-12-,24-13-,43-38+. The topological polar surface area (TPSA) is 24.9 Å². The summed E-state index contributed by atoms with van der Waals surface area (Å²) in [5.41, 5.74) is 18.8. The molecule has 1 N–H and O–H groups in total. The van der Waals surface area contributed by atoms with Crippen molar-refractivity contribution in [3.05, 3.63) is 238 Å². The third kappa shape index (κ3) is 9.92. The van der Waals surface area contributed by atoms with Gasteiger partial charge in [-0.25, -0.2) is 0 Å². The average Bonchev–Trinajstić information content (AvgIpc) is 3.35. The van der Waals surface area contributed by atoms with Crippen LogP contribution in [0.4, 0.5) is 0 Å². The molecular formula is C63H62N2. The largest absolute Gasteiger partial charge is 0.375 e. The molecule has 4 aromatic carbocycles. The number of nitrogens with zero attached hydrogens (tertiary/aromatic N) is 1. The van der Waals surface area contributed by atoms with Crippen LogP contribution in [0.2, 0.25) is 0 Å². The number of hydrogen-bond donors (Lipinski definition) is 1. The molecule has 5 aromatic rings. The zero-order valence-corrected chi connectivity index (χ0v) is 38.7. The van der Waals surface area contributed by atoms with E-state index in [1.54, 1.807) is 6.08 Å². The molecule has 0 bridgehead atoms. The lowest BCUT2D eigenvalue weighted by atomic mass is 9.72. The van der Waals surface area contributed by atoms with Crippen molar-refractivity contribution in [2.75, 3.05) is 0 Å². The van der Waals surface area contributed by atoms with Gasteiger partial charge in [-0.3, -0.25) is 4.98 Å². The zero-order chi connectivity index (χ0) is 45.3. The lowest BCUT2D eigenvalue weighted by molar-refractivity contribution is 0.606. The Morgan fingerprint density at radius 2 is 1.82 bits per heavy atom. The quantitative estimate of drug-likeness (QED) is 0.0839. The predicted molar refractivity (Wildman–Crippen MR) is 280 cm³/mol. The minimum absolute atomic E-state index is 0.115. The van der Waals surface area contributed by atoms with Gasteiger partial charge in [0.25, 0.3) is 0 Å². The van der Waals surface area contributed by atoms with Gasteiger partial charge >= 0.3 is 0 Å². The van der Waals surface area contributed by atoms with Crippen LogP contribution in [0.25, 0.3) is 39.6 Å². The Labute approximate surface area is 388 Å². The smallest absolute Gasteiger partial charge is 0.0700 e. The summed E-state index contributed by atoms with van der Waals surface area (Å²) in [4.78, 5) is 4.49. The van der Waals surface area contributed by atoms with Crippen molar-refractivity contribution in [1.82, 2.24) is 10.3 Å². The molecule has 4 atom stereocenters. The number of nitrogens with one attached hydrogen (secondary N) is 1. The summed E-state index contributed by atoms with van der Waals surface area (Å²) in [5, 5.41) is 6.42. The lowest BCUT2D eigenvalue weighted by Gasteiger charge is -2.33. The van der Waals surface area contributed by atoms with Crippen LogP contribution in [-0.2, 0) is 6.42 Å². The highest BCUT2D eigenvalue weighted by Crippen LogP contribution is 2.44. The van der Waals surface area contributed by atoms with E-state index in [1.807, 2.05) is 24.5 Å². The van der Waals surface area contributed by atoms with Gasteiger partial charge in [-0.2, -0.15) is 0 Å². The first-order chi connectivity index (χ1) is 31.8. The van der Waals surface area contributed by atoms with E-state index in [4.69, 9.17) is 13.0 Å². The predicted octanol–water partition coefficient (Wildman–Crippen LogP) is 16.2. The summed E-state index contributed by atoms with van der Waals surface area (Å²) in [6.07, 6.45) is 42.5. The van der Waals surface area contributed by atoms with E-state index < -0.39 is 0 Å². The first-order valence-electron chi connectivity index (χ1n) is 23.5. The Hall–Kier alpha value is -6.95. The molecule has 65 heavy (non-hydrogen) atoms. The van der Waals surface area contributed by atoms with E-state index in [0.717, 1.165) is 49.8 Å². The number of terminal acetylenes is 1. The van der Waals surface area contributed by atoms with Gasteiger partial charge in [0.1, 0.15) is 0 Å². The molecule has 0 spiro atoms. The number of rotatable bonds is 15. The molecule has 324 valence electrons. The third-order valence-electron chi connectivity index (χ3n) is 13.7. The third-order valence-corrected chi connectivity index (χ3v) is 13.7. The average molecular weight is 847 g/mol. The first-order valence-corrected chi connectivity index (χ1v) is 23.5. The Balaban J connectivity index is 1.13. The van der Waals surface area contributed by atoms with E-state index in [-0.39, 0.29) is 12.0 Å². The monoisotopic (exact) mass is 846 g/mol. The van der Waals surface area contributed by atoms with Gasteiger partial charge in [-0.05, 0) is 166 Å². The minimum Gasteiger partial charge on any atom is -0.375 e. The molecule has 0 saturated carbocycles. The Bertz CT molecular complexity index is 2910. The Morgan fingerprint density at radius 1 is 0.985 bits per heavy atom. The van der Waals surface area contributed by atoms with Gasteiger partial charge in [0.15, 0.2) is 0 Å². The van der Waals surface area contributed by atoms with Crippen LogP contribution < -0.4 is 5.32 Å². The van der Waals surface area contributed by atoms with Crippen LogP contribution in [0.1, 0.15) is 104 Å². The molecule has 4 unspecified atom stereocenters. The van der Waals surface area contributed by atoms with Gasteiger partial charge in [-0.1, -0.05) is 159 Å². The van der Waals surface area contributed by atoms with E-state index in [2.05, 4.69) is 190 Å². The van der Waals surface area contributed by atoms with E-state index in [1.165, 1.54) is 83.1 Å². The molecule has 1 aromatic heterocycles. The van der Waals surface area contributed by atoms with E-state index >= 15 is 0 Å². The van der Waals surface area contributed by atoms with Crippen LogP contribution in [0.3, 0.4) is 0 Å². The van der Waals surface area contributed by atoms with Gasteiger partial charge in [0, 0.05) is 35.5 Å². The highest BCUT2D eigenvalue weighted by molar-refractivity contribution is 6.00. The second-order valence-electron chi connectivity index (χ2n) is 17.8. The van der Waals surface area contributed by atoms with Crippen molar-refractivity contribution in [2.24, 2.45) is 11.8 Å². The molecule has 3 aliphatic rings. The zero-order valence-electron chi connectivity index (χ0n) is 38.7. The van der Waals surface area contributed by atoms with Crippen molar-refractivity contribution in [2.45, 2.75) is 78.2 Å². The molecule has 0 radical (unpaired) electrons. The van der Waals surface area contributed by atoms with Crippen LogP contribution in [-0.4, -0.2) is 4.98 Å². The number of benzene rings is 4. The minimum atomic E-state index is -0.115. The fraction of sp³-hybridized carbons (Fsp3) is 0.222. The molecule has 0 amide bonds. The summed E-state index contributed by atoms with van der Waals surface area (Å²) in [7, 11) is 0. The Morgan fingerprint density at radius 3 is 2.58 bits per heavy atom. The van der Waals surface area contributed by atoms with Crippen LogP contribution in [0.15, 0.2) is 199 Å². The van der Waals surface area contributed by atoms with Crippen LogP contribution in [0, 0.1) is 31.1 Å². The molecule has 3 aliphatic carbocycles. The Kier molecular flexibility index (Phi) is 14.2. The summed E-state index contributed by atoms with van der Waals surface area (Å²) < 4.78 is 0. The van der Waals surface area contributed by atoms with Crippen molar-refractivity contribution in [3.8, 4) is 23.5 Å². The highest BCUT2D eigenvalue weighted by Gasteiger charge is 2.29. The fourth-order valence-corrected chi connectivity index (χ4v) is 9.97. The highest BCUT2D eigenvalue weighted by atomic mass is 14.9. The second kappa shape index (κ2) is 20.7. The molecule has 0 aliphatic heterocycles. The number of fused-ring (bicyclic) bond motifs is 2. The van der Waals surface area contributed by atoms with Gasteiger partial charge in [0.05, 0.1) is 6.04 Å². The van der Waals surface area contributed by atoms with Gasteiger partial charge < -0.3 is 5.32 Å². The molecule has 1 heterocycles. The molecule has 8 rings (SSSR count). The van der Waals surface area contributed by atoms with Crippen LogP contribution in [0.5, 0.6) is 0 Å². The molecular weight excluding hydrogens is 785 g/mol. The summed E-state index contributed by atoms with van der Waals surface area (Å²) in [5.74, 6) is 3.73. The number of pyridine rings is 1. The second-order valence-corrected chi connectivity index (χ2v) is 17.8. The van der Waals surface area contributed by atoms with Crippen LogP contribution >= 0.6 is 0 Å². The lowest BCUT2D eigenvalue weighted by Crippen LogP contribution is -2.22. The van der Waals surface area contributed by atoms with Crippen molar-refractivity contribution in [3.63, 3.8) is 0 Å². The molecule has 0 saturated heterocycles. The van der Waals surface area contributed by atoms with Gasteiger partial charge in [-0.15, -0.1) is 13.0 Å². The van der Waals surface area contributed by atoms with Gasteiger partial charge in [0.2, 0.25) is 0 Å². The maximum absolute atomic E-state index is 5.69. The number of hydrogen-bond acceptors (Lipinski definition) is 2. The fourth-order valence-electron chi connectivity index (χ4n) is 9.97. The maximum atomic E-state index is 5.69. The van der Waals surface area contributed by atoms with E-state index in [9.17, 15) is 0 Å². The molecule has 2 nitrogen and oxygen atoms in total. The van der Waals surface area contributed by atoms with Crippen molar-refractivity contribution < 1.29 is 0 Å². The first kappa shape index (κ1) is 44.6. The maximum Gasteiger partial charge on any atom is 0.0700 e. The number of aryl methyl sites for hydroxylation is 2. The summed E-state index contributed by atoms with van der Waals surface area (Å²) >= 11 is 0. The van der Waals surface area contributed by atoms with Crippen molar-refractivity contribution >= 4 is 28.5 Å². The van der Waals surface area contributed by atoms with Crippen molar-refractivity contribution in [1.29, 1.82) is 0 Å². The SMILES string of the molecule is C#C/C=C\c1cc(-c2cccc(C(/C=C(\C)C3C=CC(c4cnccc4CCC=C)=CC3)NC(=C)C3=CC=C(C4=Cc5ccccc5C(C)C4/C=C\CC)CC3)c2)c2ccccc2c1C. The summed E-state index contributed by atoms with van der Waals surface area (Å²) in [6.45, 7) is 17.7. The normalized spacial score (nSPS) is 18.9. The summed E-state index contributed by atoms with van der Waals surface area (Å²) in [6, 6.07) is 30.9. The molecule has 0 fully saturated rings.